The predicted molar refractivity (Wildman–Crippen MR) is 52.5 cm³/mol. The Morgan fingerprint density at radius 3 is 2.31 bits per heavy atom. The molecule has 0 rings (SSSR count). The van der Waals surface area contributed by atoms with Gasteiger partial charge in [-0.15, -0.1) is 0 Å². The van der Waals surface area contributed by atoms with Crippen LogP contribution >= 0.6 is 0 Å². The summed E-state index contributed by atoms with van der Waals surface area (Å²) in [6.45, 7) is 7.15. The highest BCUT2D eigenvalue weighted by Crippen LogP contribution is 2.17. The van der Waals surface area contributed by atoms with E-state index in [0.717, 1.165) is 5.57 Å². The van der Waals surface area contributed by atoms with Crippen LogP contribution in [0, 0.1) is 22.7 Å². The number of hydrogen-bond acceptors (Lipinski definition) is 2. The van der Waals surface area contributed by atoms with E-state index >= 15 is 0 Å². The van der Waals surface area contributed by atoms with E-state index in [1.807, 2.05) is 13.0 Å². The molecule has 0 bridgehead atoms. The highest BCUT2D eigenvalue weighted by molar-refractivity contribution is 5.48. The van der Waals surface area contributed by atoms with Crippen molar-refractivity contribution >= 4 is 0 Å². The number of allylic oxidation sites excluding steroid dienone is 5. The molecular weight excluding hydrogens is 160 g/mol. The minimum Gasteiger partial charge on any atom is -0.193 e. The van der Waals surface area contributed by atoms with Gasteiger partial charge < -0.3 is 0 Å². The first-order valence-electron chi connectivity index (χ1n) is 4.04. The summed E-state index contributed by atoms with van der Waals surface area (Å²) in [7, 11) is 0. The van der Waals surface area contributed by atoms with E-state index in [9.17, 15) is 0 Å². The Kier molecular flexibility index (Phi) is 5.00. The van der Waals surface area contributed by atoms with Crippen LogP contribution in [0.15, 0.2) is 35.5 Å². The van der Waals surface area contributed by atoms with Gasteiger partial charge in [-0.3, -0.25) is 0 Å². The zero-order valence-electron chi connectivity index (χ0n) is 7.96. The SMILES string of the molecule is C=C/C=C(C#N)\C(CC)=C(/C)C#N. The predicted octanol–water partition coefficient (Wildman–Crippen LogP) is 2.87. The zero-order chi connectivity index (χ0) is 10.3. The molecule has 0 saturated carbocycles. The van der Waals surface area contributed by atoms with E-state index in [1.165, 1.54) is 0 Å². The first-order valence-corrected chi connectivity index (χ1v) is 4.04. The van der Waals surface area contributed by atoms with Crippen LogP contribution in [0.1, 0.15) is 20.3 Å². The Morgan fingerprint density at radius 2 is 2.00 bits per heavy atom. The molecule has 0 atom stereocenters. The minimum absolute atomic E-state index is 0.525. The molecule has 0 aliphatic rings. The highest BCUT2D eigenvalue weighted by Gasteiger charge is 2.04. The summed E-state index contributed by atoms with van der Waals surface area (Å²) in [4.78, 5) is 0. The molecule has 0 fully saturated rings. The van der Waals surface area contributed by atoms with Crippen LogP contribution in [0.5, 0.6) is 0 Å². The van der Waals surface area contributed by atoms with Crippen LogP contribution in [0.4, 0.5) is 0 Å². The van der Waals surface area contributed by atoms with Gasteiger partial charge in [-0.25, -0.2) is 0 Å². The number of rotatable bonds is 3. The van der Waals surface area contributed by atoms with Crippen LogP contribution in [0.25, 0.3) is 0 Å². The number of nitrogens with zero attached hydrogens (tertiary/aromatic N) is 2. The summed E-state index contributed by atoms with van der Waals surface area (Å²) >= 11 is 0. The molecule has 13 heavy (non-hydrogen) atoms. The van der Waals surface area contributed by atoms with Crippen molar-refractivity contribution in [3.63, 3.8) is 0 Å². The molecule has 0 aliphatic heterocycles. The van der Waals surface area contributed by atoms with E-state index in [4.69, 9.17) is 10.5 Å². The van der Waals surface area contributed by atoms with Gasteiger partial charge in [0.1, 0.15) is 0 Å². The maximum atomic E-state index is 8.79. The second-order valence-corrected chi connectivity index (χ2v) is 2.50. The van der Waals surface area contributed by atoms with E-state index in [-0.39, 0.29) is 0 Å². The van der Waals surface area contributed by atoms with Gasteiger partial charge in [0.05, 0.1) is 17.7 Å². The van der Waals surface area contributed by atoms with Gasteiger partial charge in [-0.1, -0.05) is 19.6 Å². The maximum absolute atomic E-state index is 8.79. The molecule has 0 aromatic rings. The second-order valence-electron chi connectivity index (χ2n) is 2.50. The van der Waals surface area contributed by atoms with Gasteiger partial charge in [0.2, 0.25) is 0 Å². The summed E-state index contributed by atoms with van der Waals surface area (Å²) in [6, 6.07) is 4.09. The Morgan fingerprint density at radius 1 is 1.38 bits per heavy atom. The lowest BCUT2D eigenvalue weighted by Gasteiger charge is -2.02. The van der Waals surface area contributed by atoms with Crippen molar-refractivity contribution in [1.82, 2.24) is 0 Å². The average molecular weight is 172 g/mol. The Hall–Kier alpha value is -1.80. The fraction of sp³-hybridized carbons (Fsp3) is 0.273. The lowest BCUT2D eigenvalue weighted by atomic mass is 9.99. The molecule has 0 unspecified atom stereocenters. The number of hydrogen-bond donors (Lipinski definition) is 0. The zero-order valence-corrected chi connectivity index (χ0v) is 7.96. The molecule has 0 heterocycles. The van der Waals surface area contributed by atoms with Gasteiger partial charge in [0, 0.05) is 5.57 Å². The lowest BCUT2D eigenvalue weighted by molar-refractivity contribution is 1.10. The molecule has 0 aliphatic carbocycles. The van der Waals surface area contributed by atoms with Crippen LogP contribution in [-0.2, 0) is 0 Å². The lowest BCUT2D eigenvalue weighted by Crippen LogP contribution is -1.89. The fourth-order valence-electron chi connectivity index (χ4n) is 1.05. The normalized spacial score (nSPS) is 12.5. The van der Waals surface area contributed by atoms with Gasteiger partial charge >= 0.3 is 0 Å². The molecule has 0 amide bonds. The standard InChI is InChI=1S/C11H12N2/c1-4-6-10(8-13)11(5-2)9(3)7-12/h4,6H,1,5H2,2-3H3/b10-6-,11-9+. The molecule has 0 N–H and O–H groups in total. The van der Waals surface area contributed by atoms with Crippen molar-refractivity contribution in [2.24, 2.45) is 0 Å². The first kappa shape index (κ1) is 11.2. The summed E-state index contributed by atoms with van der Waals surface area (Å²) in [5, 5.41) is 17.5. The highest BCUT2D eigenvalue weighted by atomic mass is 14.3. The fourth-order valence-corrected chi connectivity index (χ4v) is 1.05. The topological polar surface area (TPSA) is 47.6 Å². The van der Waals surface area contributed by atoms with Gasteiger partial charge in [0.15, 0.2) is 0 Å². The average Bonchev–Trinajstić information content (AvgIpc) is 2.17. The summed E-state index contributed by atoms with van der Waals surface area (Å²) in [5.74, 6) is 0. The third-order valence-electron chi connectivity index (χ3n) is 1.70. The van der Waals surface area contributed by atoms with Crippen LogP contribution < -0.4 is 0 Å². The molecule has 2 heteroatoms. The maximum Gasteiger partial charge on any atom is 0.0994 e. The molecule has 0 spiro atoms. The molecule has 2 nitrogen and oxygen atoms in total. The molecule has 66 valence electrons. The van der Waals surface area contributed by atoms with Crippen molar-refractivity contribution in [3.8, 4) is 12.1 Å². The summed E-state index contributed by atoms with van der Waals surface area (Å²) in [5.41, 5.74) is 1.92. The third-order valence-corrected chi connectivity index (χ3v) is 1.70. The van der Waals surface area contributed by atoms with Crippen molar-refractivity contribution in [2.75, 3.05) is 0 Å². The van der Waals surface area contributed by atoms with Crippen LogP contribution in [0.3, 0.4) is 0 Å². The molecule has 0 saturated heterocycles. The molecular formula is C11H12N2. The summed E-state index contributed by atoms with van der Waals surface area (Å²) < 4.78 is 0. The van der Waals surface area contributed by atoms with E-state index in [1.54, 1.807) is 19.1 Å². The van der Waals surface area contributed by atoms with Gasteiger partial charge in [-0.05, 0) is 25.0 Å². The largest absolute Gasteiger partial charge is 0.193 e. The first-order chi connectivity index (χ1) is 6.21. The Labute approximate surface area is 79.1 Å². The van der Waals surface area contributed by atoms with E-state index in [2.05, 4.69) is 12.6 Å². The van der Waals surface area contributed by atoms with Gasteiger partial charge in [-0.2, -0.15) is 10.5 Å². The monoisotopic (exact) mass is 172 g/mol. The van der Waals surface area contributed by atoms with Gasteiger partial charge in [0.25, 0.3) is 0 Å². The Balaban J connectivity index is 5.25. The number of nitriles is 2. The van der Waals surface area contributed by atoms with E-state index in [0.29, 0.717) is 17.6 Å². The van der Waals surface area contributed by atoms with Crippen LogP contribution in [0.2, 0.25) is 0 Å². The van der Waals surface area contributed by atoms with Crippen LogP contribution in [-0.4, -0.2) is 0 Å². The van der Waals surface area contributed by atoms with Crippen molar-refractivity contribution in [3.05, 3.63) is 35.5 Å². The third kappa shape index (κ3) is 2.97. The smallest absolute Gasteiger partial charge is 0.0994 e. The Bertz CT molecular complexity index is 332. The summed E-state index contributed by atoms with van der Waals surface area (Å²) in [6.07, 6.45) is 3.87. The van der Waals surface area contributed by atoms with Crippen molar-refractivity contribution in [2.45, 2.75) is 20.3 Å². The molecule has 0 aromatic carbocycles. The minimum atomic E-state index is 0.525. The molecule has 0 radical (unpaired) electrons. The van der Waals surface area contributed by atoms with Crippen molar-refractivity contribution < 1.29 is 0 Å². The molecule has 0 aromatic heterocycles. The van der Waals surface area contributed by atoms with E-state index < -0.39 is 0 Å². The quantitative estimate of drug-likeness (QED) is 0.485. The van der Waals surface area contributed by atoms with Crippen molar-refractivity contribution in [1.29, 1.82) is 10.5 Å². The second kappa shape index (κ2) is 5.80.